The normalized spacial score (nSPS) is 17.4. The Bertz CT molecular complexity index is 120. The predicted octanol–water partition coefficient (Wildman–Crippen LogP) is 1.15. The van der Waals surface area contributed by atoms with Gasteiger partial charge in [0.25, 0.3) is 0 Å². The van der Waals surface area contributed by atoms with Crippen LogP contribution in [-0.4, -0.2) is 18.6 Å². The van der Waals surface area contributed by atoms with Crippen molar-refractivity contribution in [3.05, 3.63) is 0 Å². The van der Waals surface area contributed by atoms with Crippen molar-refractivity contribution in [1.29, 1.82) is 0 Å². The summed E-state index contributed by atoms with van der Waals surface area (Å²) in [5.74, 6) is 0.727. The molecular weight excluding hydrogens is 118 g/mol. The summed E-state index contributed by atoms with van der Waals surface area (Å²) in [4.78, 5) is 4.72. The topological polar surface area (TPSA) is 30.8 Å². The van der Waals surface area contributed by atoms with Crippen LogP contribution in [0.5, 0.6) is 0 Å². The molecule has 0 aliphatic carbocycles. The molecule has 1 aliphatic heterocycles. The van der Waals surface area contributed by atoms with Crippen molar-refractivity contribution in [2.75, 3.05) is 6.61 Å². The number of nitrogens with zero attached hydrogens (tertiary/aromatic N) is 1. The fourth-order valence-corrected chi connectivity index (χ4v) is 0.649. The van der Waals surface area contributed by atoms with Crippen LogP contribution in [0.2, 0.25) is 0 Å². The van der Waals surface area contributed by atoms with Crippen LogP contribution in [0.4, 0.5) is 0 Å². The summed E-state index contributed by atoms with van der Waals surface area (Å²) in [7, 11) is 0. The van der Waals surface area contributed by atoms with E-state index in [4.69, 9.17) is 9.57 Å². The van der Waals surface area contributed by atoms with Crippen LogP contribution in [0.1, 0.15) is 20.3 Å². The maximum Gasteiger partial charge on any atom is 0.229 e. The van der Waals surface area contributed by atoms with Gasteiger partial charge in [-0.25, -0.2) is 0 Å². The summed E-state index contributed by atoms with van der Waals surface area (Å²) in [6, 6.07) is 0. The largest absolute Gasteiger partial charge is 0.476 e. The number of ether oxygens (including phenoxy) is 1. The minimum Gasteiger partial charge on any atom is -0.476 e. The summed E-state index contributed by atoms with van der Waals surface area (Å²) in [6.45, 7) is 4.61. The van der Waals surface area contributed by atoms with E-state index in [1.54, 1.807) is 0 Å². The van der Waals surface area contributed by atoms with E-state index in [1.807, 2.05) is 13.8 Å². The SMILES string of the molecule is CC(C)OC1=NOCC1. The summed E-state index contributed by atoms with van der Waals surface area (Å²) >= 11 is 0. The van der Waals surface area contributed by atoms with Crippen LogP contribution >= 0.6 is 0 Å². The van der Waals surface area contributed by atoms with Crippen molar-refractivity contribution in [2.45, 2.75) is 26.4 Å². The van der Waals surface area contributed by atoms with Crippen molar-refractivity contribution < 1.29 is 9.57 Å². The van der Waals surface area contributed by atoms with Crippen LogP contribution in [0, 0.1) is 0 Å². The predicted molar refractivity (Wildman–Crippen MR) is 34.2 cm³/mol. The van der Waals surface area contributed by atoms with Gasteiger partial charge in [0, 0.05) is 0 Å². The highest BCUT2D eigenvalue weighted by atomic mass is 16.7. The highest BCUT2D eigenvalue weighted by molar-refractivity contribution is 5.76. The first-order valence-corrected chi connectivity index (χ1v) is 3.14. The summed E-state index contributed by atoms with van der Waals surface area (Å²) in [5, 5.41) is 3.67. The van der Waals surface area contributed by atoms with Crippen molar-refractivity contribution >= 4 is 5.90 Å². The molecule has 1 heterocycles. The molecule has 0 spiro atoms. The fourth-order valence-electron chi connectivity index (χ4n) is 0.649. The van der Waals surface area contributed by atoms with Gasteiger partial charge >= 0.3 is 0 Å². The minimum atomic E-state index is 0.213. The van der Waals surface area contributed by atoms with E-state index in [2.05, 4.69) is 5.16 Å². The molecule has 52 valence electrons. The van der Waals surface area contributed by atoms with Crippen molar-refractivity contribution in [2.24, 2.45) is 5.16 Å². The molecule has 9 heavy (non-hydrogen) atoms. The molecule has 0 N–H and O–H groups in total. The number of hydrogen-bond acceptors (Lipinski definition) is 3. The van der Waals surface area contributed by atoms with Gasteiger partial charge in [0.05, 0.1) is 12.5 Å². The molecule has 1 rings (SSSR count). The highest BCUT2D eigenvalue weighted by Gasteiger charge is 2.09. The molecule has 0 bridgehead atoms. The molecule has 0 amide bonds. The zero-order valence-corrected chi connectivity index (χ0v) is 5.76. The van der Waals surface area contributed by atoms with Gasteiger partial charge in [-0.05, 0) is 13.8 Å². The van der Waals surface area contributed by atoms with E-state index in [-0.39, 0.29) is 6.10 Å². The number of rotatable bonds is 1. The van der Waals surface area contributed by atoms with Gasteiger partial charge in [-0.1, -0.05) is 5.16 Å². The first kappa shape index (κ1) is 6.39. The molecule has 0 aromatic carbocycles. The Hall–Kier alpha value is -0.730. The maximum absolute atomic E-state index is 5.24. The van der Waals surface area contributed by atoms with Crippen LogP contribution in [0.25, 0.3) is 0 Å². The second kappa shape index (κ2) is 2.71. The standard InChI is InChI=1S/C6H11NO2/c1-5(2)9-6-3-4-8-7-6/h5H,3-4H2,1-2H3. The Labute approximate surface area is 54.6 Å². The lowest BCUT2D eigenvalue weighted by atomic mass is 10.4. The van der Waals surface area contributed by atoms with Crippen LogP contribution in [0.3, 0.4) is 0 Å². The second-order valence-electron chi connectivity index (χ2n) is 2.23. The first-order chi connectivity index (χ1) is 4.29. The van der Waals surface area contributed by atoms with E-state index in [1.165, 1.54) is 0 Å². The van der Waals surface area contributed by atoms with E-state index in [0.717, 1.165) is 12.3 Å². The molecule has 0 aromatic rings. The van der Waals surface area contributed by atoms with Gasteiger partial charge in [-0.15, -0.1) is 0 Å². The second-order valence-corrected chi connectivity index (χ2v) is 2.23. The lowest BCUT2D eigenvalue weighted by molar-refractivity contribution is 0.168. The molecule has 0 saturated carbocycles. The number of hydrogen-bond donors (Lipinski definition) is 0. The van der Waals surface area contributed by atoms with Crippen LogP contribution in [-0.2, 0) is 9.57 Å². The van der Waals surface area contributed by atoms with Crippen molar-refractivity contribution in [3.63, 3.8) is 0 Å². The van der Waals surface area contributed by atoms with Gasteiger partial charge < -0.3 is 9.57 Å². The maximum atomic E-state index is 5.24. The van der Waals surface area contributed by atoms with E-state index >= 15 is 0 Å². The summed E-state index contributed by atoms with van der Waals surface area (Å²) < 4.78 is 5.24. The molecular formula is C6H11NO2. The lowest BCUT2D eigenvalue weighted by Gasteiger charge is -2.05. The first-order valence-electron chi connectivity index (χ1n) is 3.14. The number of oxime groups is 1. The molecule has 0 atom stereocenters. The Morgan fingerprint density at radius 3 is 2.89 bits per heavy atom. The average Bonchev–Trinajstić information content (AvgIpc) is 2.15. The third-order valence-corrected chi connectivity index (χ3v) is 0.945. The van der Waals surface area contributed by atoms with Crippen LogP contribution < -0.4 is 0 Å². The summed E-state index contributed by atoms with van der Waals surface area (Å²) in [6.07, 6.45) is 1.03. The molecule has 0 fully saturated rings. The molecule has 0 unspecified atom stereocenters. The Morgan fingerprint density at radius 1 is 1.67 bits per heavy atom. The minimum absolute atomic E-state index is 0.213. The Kier molecular flexibility index (Phi) is 1.92. The quantitative estimate of drug-likeness (QED) is 0.531. The van der Waals surface area contributed by atoms with E-state index in [9.17, 15) is 0 Å². The van der Waals surface area contributed by atoms with Crippen LogP contribution in [0.15, 0.2) is 5.16 Å². The van der Waals surface area contributed by atoms with Gasteiger partial charge in [0.2, 0.25) is 5.90 Å². The third-order valence-electron chi connectivity index (χ3n) is 0.945. The highest BCUT2D eigenvalue weighted by Crippen LogP contribution is 2.03. The zero-order valence-electron chi connectivity index (χ0n) is 5.76. The average molecular weight is 129 g/mol. The van der Waals surface area contributed by atoms with E-state index in [0.29, 0.717) is 6.61 Å². The molecule has 0 saturated heterocycles. The molecule has 0 radical (unpaired) electrons. The molecule has 1 aliphatic rings. The van der Waals surface area contributed by atoms with Gasteiger partial charge in [-0.2, -0.15) is 0 Å². The summed E-state index contributed by atoms with van der Waals surface area (Å²) in [5.41, 5.74) is 0. The molecule has 3 nitrogen and oxygen atoms in total. The third kappa shape index (κ3) is 1.91. The fraction of sp³-hybridized carbons (Fsp3) is 0.833. The molecule has 0 aromatic heterocycles. The van der Waals surface area contributed by atoms with Gasteiger partial charge in [0.15, 0.2) is 0 Å². The van der Waals surface area contributed by atoms with Crippen molar-refractivity contribution in [3.8, 4) is 0 Å². The van der Waals surface area contributed by atoms with Gasteiger partial charge in [-0.3, -0.25) is 0 Å². The molecule has 3 heteroatoms. The monoisotopic (exact) mass is 129 g/mol. The van der Waals surface area contributed by atoms with Gasteiger partial charge in [0.1, 0.15) is 6.61 Å². The lowest BCUT2D eigenvalue weighted by Crippen LogP contribution is -2.08. The Balaban J connectivity index is 2.26. The zero-order chi connectivity index (χ0) is 6.69. The van der Waals surface area contributed by atoms with E-state index < -0.39 is 0 Å². The smallest absolute Gasteiger partial charge is 0.229 e. The van der Waals surface area contributed by atoms with Crippen molar-refractivity contribution in [1.82, 2.24) is 0 Å². The Morgan fingerprint density at radius 2 is 2.44 bits per heavy atom.